The maximum atomic E-state index is 13.7. The van der Waals surface area contributed by atoms with Crippen molar-refractivity contribution < 1.29 is 54.7 Å². The molecule has 24 nitrogen and oxygen atoms in total. The molecule has 0 unspecified atom stereocenters. The van der Waals surface area contributed by atoms with Crippen LogP contribution < -0.4 is 37.9 Å². The van der Waals surface area contributed by atoms with Gasteiger partial charge in [0, 0.05) is 24.0 Å². The molecule has 6 heterocycles. The minimum absolute atomic E-state index is 0.164. The number of aromatic nitrogens is 12. The second-order valence-corrected chi connectivity index (χ2v) is 22.0. The number of sulfone groups is 2. The topological polar surface area (TPSA) is 281 Å². The molecule has 0 N–H and O–H groups in total. The Balaban J connectivity index is 0.000000226. The van der Waals surface area contributed by atoms with Crippen molar-refractivity contribution in [3.8, 4) is 80.9 Å². The van der Waals surface area contributed by atoms with Crippen molar-refractivity contribution in [3.63, 3.8) is 0 Å². The van der Waals surface area contributed by atoms with Gasteiger partial charge in [0.1, 0.15) is 57.3 Å². The molecule has 4 atom stereocenters. The van der Waals surface area contributed by atoms with E-state index in [1.807, 2.05) is 0 Å². The van der Waals surface area contributed by atoms with Gasteiger partial charge in [0.15, 0.2) is 43.0 Å². The van der Waals surface area contributed by atoms with E-state index in [2.05, 4.69) is 50.3 Å². The average molecular weight is 1110 g/mol. The van der Waals surface area contributed by atoms with E-state index < -0.39 is 53.5 Å². The van der Waals surface area contributed by atoms with Crippen molar-refractivity contribution in [2.24, 2.45) is 0 Å². The molecule has 6 aromatic heterocycles. The highest BCUT2D eigenvalue weighted by molar-refractivity contribution is 7.91. The van der Waals surface area contributed by atoms with Crippen LogP contribution in [0.2, 0.25) is 0 Å². The fourth-order valence-electron chi connectivity index (χ4n) is 8.09. The molecule has 0 aliphatic rings. The van der Waals surface area contributed by atoms with Gasteiger partial charge in [-0.25, -0.2) is 36.8 Å². The third-order valence-corrected chi connectivity index (χ3v) is 17.3. The lowest BCUT2D eigenvalue weighted by molar-refractivity contribution is 0.390. The van der Waals surface area contributed by atoms with Gasteiger partial charge in [0.05, 0.1) is 104 Å². The molecule has 2 aromatic carbocycles. The minimum Gasteiger partial charge on any atom is -0.494 e. The van der Waals surface area contributed by atoms with Crippen molar-refractivity contribution in [2.45, 2.75) is 61.5 Å². The molecule has 78 heavy (non-hydrogen) atoms. The molecule has 0 aliphatic carbocycles. The van der Waals surface area contributed by atoms with E-state index in [1.165, 1.54) is 81.7 Å². The van der Waals surface area contributed by atoms with Gasteiger partial charge < -0.3 is 37.9 Å². The van der Waals surface area contributed by atoms with E-state index in [0.717, 1.165) is 0 Å². The van der Waals surface area contributed by atoms with Gasteiger partial charge in [-0.1, -0.05) is 38.1 Å². The van der Waals surface area contributed by atoms with Crippen molar-refractivity contribution in [3.05, 3.63) is 121 Å². The van der Waals surface area contributed by atoms with Crippen LogP contribution in [0, 0.1) is 0 Å². The zero-order chi connectivity index (χ0) is 56.3. The van der Waals surface area contributed by atoms with Crippen molar-refractivity contribution in [2.75, 3.05) is 56.9 Å². The standard InChI is InChI=1S/2C26H30N6O6S/c2*1-16(19-13-28-24(38-6)14-27-19)17(2)39(33,34)15-22-30-31-26(18-9-7-12-23(29-18)37-5)32(22)25-20(35-3)10-8-11-21(25)36-4/h2*7-14,16-17H,15H2,1-6H3/t2*16-,17-/m10/s1. The van der Waals surface area contributed by atoms with Gasteiger partial charge in [-0.05, 0) is 50.2 Å². The molecule has 26 heteroatoms. The summed E-state index contributed by atoms with van der Waals surface area (Å²) in [4.78, 5) is 25.9. The lowest BCUT2D eigenvalue weighted by Gasteiger charge is -2.21. The number of hydrogen-bond donors (Lipinski definition) is 0. The normalized spacial score (nSPS) is 13.0. The Kier molecular flexibility index (Phi) is 18.4. The summed E-state index contributed by atoms with van der Waals surface area (Å²) in [5.41, 5.74) is 2.79. The summed E-state index contributed by atoms with van der Waals surface area (Å²) in [6, 6.07) is 20.9. The van der Waals surface area contributed by atoms with Gasteiger partial charge >= 0.3 is 0 Å². The summed E-state index contributed by atoms with van der Waals surface area (Å²) in [5.74, 6) is 2.35. The maximum Gasteiger partial charge on any atom is 0.231 e. The highest BCUT2D eigenvalue weighted by Crippen LogP contribution is 2.39. The quantitative estimate of drug-likeness (QED) is 0.0698. The van der Waals surface area contributed by atoms with Crippen molar-refractivity contribution in [1.29, 1.82) is 0 Å². The molecule has 0 radical (unpaired) electrons. The highest BCUT2D eigenvalue weighted by Gasteiger charge is 2.35. The van der Waals surface area contributed by atoms with E-state index in [1.54, 1.807) is 110 Å². The zero-order valence-corrected chi connectivity index (χ0v) is 46.7. The predicted octanol–water partition coefficient (Wildman–Crippen LogP) is 6.52. The van der Waals surface area contributed by atoms with E-state index >= 15 is 0 Å². The summed E-state index contributed by atoms with van der Waals surface area (Å²) in [7, 11) is 4.50. The first-order valence-electron chi connectivity index (χ1n) is 24.0. The van der Waals surface area contributed by atoms with Crippen LogP contribution in [0.5, 0.6) is 46.5 Å². The smallest absolute Gasteiger partial charge is 0.231 e. The number of nitrogens with zero attached hydrogens (tertiary/aromatic N) is 12. The van der Waals surface area contributed by atoms with Gasteiger partial charge in [0.2, 0.25) is 23.5 Å². The summed E-state index contributed by atoms with van der Waals surface area (Å²) in [6.07, 6.45) is 5.96. The van der Waals surface area contributed by atoms with E-state index in [9.17, 15) is 16.8 Å². The molecule has 0 saturated carbocycles. The second-order valence-electron chi connectivity index (χ2n) is 17.3. The van der Waals surface area contributed by atoms with Crippen LogP contribution in [0.15, 0.2) is 97.6 Å². The number of para-hydroxylation sites is 2. The van der Waals surface area contributed by atoms with Crippen LogP contribution in [-0.2, 0) is 31.2 Å². The SMILES string of the molecule is COc1cnc([C@@H](C)[C@H](C)S(=O)(=O)Cc2nnc(-c3cccc(OC)n3)n2-c2c(OC)cccc2OC)cn1.COc1cnc([C@H](C)[C@@H](C)S(=O)(=O)Cc2nnc(-c3cccc(OC)n3)n2-c2c(OC)cccc2OC)cn1. The van der Waals surface area contributed by atoms with E-state index in [4.69, 9.17) is 37.9 Å². The number of rotatable bonds is 22. The molecular formula is C52H60N12O12S2. The summed E-state index contributed by atoms with van der Waals surface area (Å²) >= 11 is 0. The fourth-order valence-corrected chi connectivity index (χ4v) is 11.2. The van der Waals surface area contributed by atoms with Crippen LogP contribution in [0.4, 0.5) is 0 Å². The summed E-state index contributed by atoms with van der Waals surface area (Å²) in [6.45, 7) is 6.86. The first kappa shape index (κ1) is 57.2. The molecular weight excluding hydrogens is 1050 g/mol. The molecule has 0 amide bonds. The van der Waals surface area contributed by atoms with E-state index in [0.29, 0.717) is 92.3 Å². The summed E-state index contributed by atoms with van der Waals surface area (Å²) in [5, 5.41) is 15.6. The van der Waals surface area contributed by atoms with Crippen molar-refractivity contribution >= 4 is 19.7 Å². The monoisotopic (exact) mass is 1110 g/mol. The first-order chi connectivity index (χ1) is 37.5. The average Bonchev–Trinajstić information content (AvgIpc) is 4.22. The minimum atomic E-state index is -3.78. The Bertz CT molecular complexity index is 3270. The summed E-state index contributed by atoms with van der Waals surface area (Å²) < 4.78 is 101. The van der Waals surface area contributed by atoms with Crippen LogP contribution >= 0.6 is 0 Å². The van der Waals surface area contributed by atoms with Gasteiger partial charge in [0.25, 0.3) is 0 Å². The number of benzene rings is 2. The predicted molar refractivity (Wildman–Crippen MR) is 287 cm³/mol. The zero-order valence-electron chi connectivity index (χ0n) is 45.0. The molecule has 8 rings (SSSR count). The Morgan fingerprint density at radius 2 is 0.744 bits per heavy atom. The Hall–Kier alpha value is -8.52. The molecule has 0 fully saturated rings. The Labute approximate surface area is 452 Å². The second kappa shape index (κ2) is 25.1. The number of hydrogen-bond acceptors (Lipinski definition) is 22. The molecule has 0 bridgehead atoms. The van der Waals surface area contributed by atoms with Crippen LogP contribution in [0.25, 0.3) is 34.4 Å². The molecule has 0 saturated heterocycles. The van der Waals surface area contributed by atoms with Crippen LogP contribution in [-0.4, -0.2) is 144 Å². The third-order valence-electron chi connectivity index (χ3n) is 12.9. The van der Waals surface area contributed by atoms with Crippen LogP contribution in [0.3, 0.4) is 0 Å². The highest BCUT2D eigenvalue weighted by atomic mass is 32.2. The molecule has 8 aromatic rings. The number of methoxy groups -OCH3 is 8. The van der Waals surface area contributed by atoms with Crippen molar-refractivity contribution in [1.82, 2.24) is 59.4 Å². The molecule has 0 spiro atoms. The third kappa shape index (κ3) is 12.3. The number of pyridine rings is 2. The van der Waals surface area contributed by atoms with Gasteiger partial charge in [-0.3, -0.25) is 19.1 Å². The van der Waals surface area contributed by atoms with Gasteiger partial charge in [-0.2, -0.15) is 0 Å². The fraction of sp³-hybridized carbons (Fsp3) is 0.346. The van der Waals surface area contributed by atoms with Crippen LogP contribution in [0.1, 0.15) is 62.6 Å². The first-order valence-corrected chi connectivity index (χ1v) is 27.4. The van der Waals surface area contributed by atoms with Gasteiger partial charge in [-0.15, -0.1) is 20.4 Å². The molecule has 412 valence electrons. The number of ether oxygens (including phenoxy) is 8. The Morgan fingerprint density at radius 3 is 1.04 bits per heavy atom. The molecule has 0 aliphatic heterocycles. The van der Waals surface area contributed by atoms with E-state index in [-0.39, 0.29) is 11.6 Å². The maximum absolute atomic E-state index is 13.7. The largest absolute Gasteiger partial charge is 0.494 e. The lowest BCUT2D eigenvalue weighted by atomic mass is 10.1. The lowest BCUT2D eigenvalue weighted by Crippen LogP contribution is -2.27. The Morgan fingerprint density at radius 1 is 0.410 bits per heavy atom.